The van der Waals surface area contributed by atoms with Gasteiger partial charge in [-0.3, -0.25) is 9.59 Å². The van der Waals surface area contributed by atoms with Crippen molar-refractivity contribution < 1.29 is 9.59 Å². The number of hydrogen-bond acceptors (Lipinski definition) is 2. The van der Waals surface area contributed by atoms with Crippen LogP contribution in [-0.4, -0.2) is 11.6 Å². The molecule has 2 aromatic rings. The second kappa shape index (κ2) is 5.28. The molecule has 0 heterocycles. The average Bonchev–Trinajstić information content (AvgIpc) is 2.46. The number of rotatable bonds is 3. The van der Waals surface area contributed by atoms with Crippen molar-refractivity contribution in [2.45, 2.75) is 26.7 Å². The van der Waals surface area contributed by atoms with Crippen LogP contribution in [0.3, 0.4) is 0 Å². The van der Waals surface area contributed by atoms with Gasteiger partial charge in [-0.1, -0.05) is 56.3 Å². The molecule has 2 aromatic carbocycles. The summed E-state index contributed by atoms with van der Waals surface area (Å²) < 4.78 is 0. The van der Waals surface area contributed by atoms with Crippen LogP contribution in [0.25, 0.3) is 0 Å². The van der Waals surface area contributed by atoms with Gasteiger partial charge in [-0.2, -0.15) is 0 Å². The lowest BCUT2D eigenvalue weighted by Gasteiger charge is -2.21. The molecule has 21 heavy (non-hydrogen) atoms. The summed E-state index contributed by atoms with van der Waals surface area (Å²) >= 11 is 0. The zero-order chi connectivity index (χ0) is 15.0. The van der Waals surface area contributed by atoms with Crippen LogP contribution in [-0.2, 0) is 6.42 Å². The average molecular weight is 278 g/mol. The summed E-state index contributed by atoms with van der Waals surface area (Å²) in [5, 5.41) is 0. The minimum atomic E-state index is 0.0334. The summed E-state index contributed by atoms with van der Waals surface area (Å²) in [5.74, 6) is 0.486. The minimum Gasteiger partial charge on any atom is -0.294 e. The fraction of sp³-hybridized carbons (Fsp3) is 0.263. The van der Waals surface area contributed by atoms with Crippen LogP contribution >= 0.6 is 0 Å². The Morgan fingerprint density at radius 3 is 2.52 bits per heavy atom. The Kier molecular flexibility index (Phi) is 3.46. The van der Waals surface area contributed by atoms with Gasteiger partial charge in [-0.05, 0) is 23.5 Å². The van der Waals surface area contributed by atoms with Crippen LogP contribution in [0.5, 0.6) is 0 Å². The number of ketones is 2. The van der Waals surface area contributed by atoms with E-state index in [1.807, 2.05) is 56.3 Å². The van der Waals surface area contributed by atoms with E-state index in [1.165, 1.54) is 0 Å². The predicted molar refractivity (Wildman–Crippen MR) is 82.9 cm³/mol. The monoisotopic (exact) mass is 278 g/mol. The van der Waals surface area contributed by atoms with Gasteiger partial charge in [0.2, 0.25) is 0 Å². The Balaban J connectivity index is 2.09. The lowest BCUT2D eigenvalue weighted by atomic mass is 9.81. The smallest absolute Gasteiger partial charge is 0.193 e. The molecule has 2 nitrogen and oxygen atoms in total. The fourth-order valence-electron chi connectivity index (χ4n) is 2.96. The molecule has 0 radical (unpaired) electrons. The maximum Gasteiger partial charge on any atom is 0.193 e. The highest BCUT2D eigenvalue weighted by Gasteiger charge is 2.26. The van der Waals surface area contributed by atoms with Crippen molar-refractivity contribution >= 4 is 11.6 Å². The van der Waals surface area contributed by atoms with E-state index >= 15 is 0 Å². The van der Waals surface area contributed by atoms with E-state index < -0.39 is 0 Å². The van der Waals surface area contributed by atoms with Crippen LogP contribution in [0.15, 0.2) is 42.5 Å². The molecule has 0 spiro atoms. The first-order chi connectivity index (χ1) is 10.1. The second-order valence-corrected chi connectivity index (χ2v) is 6.02. The third-order valence-corrected chi connectivity index (χ3v) is 3.94. The first-order valence-electron chi connectivity index (χ1n) is 7.35. The summed E-state index contributed by atoms with van der Waals surface area (Å²) in [5.41, 5.74) is 4.07. The molecule has 0 aliphatic heterocycles. The van der Waals surface area contributed by atoms with Crippen LogP contribution < -0.4 is 0 Å². The Morgan fingerprint density at radius 2 is 1.76 bits per heavy atom. The molecule has 0 atom stereocenters. The van der Waals surface area contributed by atoms with Crippen molar-refractivity contribution in [2.24, 2.45) is 5.92 Å². The van der Waals surface area contributed by atoms with E-state index in [-0.39, 0.29) is 11.6 Å². The van der Waals surface area contributed by atoms with E-state index in [9.17, 15) is 9.59 Å². The standard InChI is InChI=1S/C19H18O2/c1-12(2)10-18(20)15-8-5-9-16-17(15)11-13-6-3-4-7-14(13)19(16)21/h3-9,12H,10-11H2,1-2H3. The van der Waals surface area contributed by atoms with E-state index in [1.54, 1.807) is 0 Å². The maximum atomic E-state index is 12.6. The number of Topliss-reactive ketones (excluding diaryl/α,β-unsaturated/α-hetero) is 1. The number of fused-ring (bicyclic) bond motifs is 2. The van der Waals surface area contributed by atoms with Crippen LogP contribution in [0, 0.1) is 5.92 Å². The molecule has 0 saturated carbocycles. The number of carbonyl (C=O) groups is 2. The second-order valence-electron chi connectivity index (χ2n) is 6.02. The molecule has 0 amide bonds. The van der Waals surface area contributed by atoms with E-state index in [0.717, 1.165) is 16.7 Å². The van der Waals surface area contributed by atoms with Crippen LogP contribution in [0.2, 0.25) is 0 Å². The molecule has 0 aromatic heterocycles. The molecule has 0 bridgehead atoms. The van der Waals surface area contributed by atoms with Gasteiger partial charge in [-0.25, -0.2) is 0 Å². The Morgan fingerprint density at radius 1 is 1.05 bits per heavy atom. The number of carbonyl (C=O) groups excluding carboxylic acids is 2. The fourth-order valence-corrected chi connectivity index (χ4v) is 2.96. The third kappa shape index (κ3) is 2.42. The maximum absolute atomic E-state index is 12.6. The van der Waals surface area contributed by atoms with Gasteiger partial charge in [0, 0.05) is 23.1 Å². The summed E-state index contributed by atoms with van der Waals surface area (Å²) in [4.78, 5) is 25.0. The van der Waals surface area contributed by atoms with Crippen molar-refractivity contribution in [3.63, 3.8) is 0 Å². The lowest BCUT2D eigenvalue weighted by Crippen LogP contribution is -2.18. The molecule has 0 N–H and O–H groups in total. The summed E-state index contributed by atoms with van der Waals surface area (Å²) in [7, 11) is 0. The molecule has 0 fully saturated rings. The molecule has 0 saturated heterocycles. The van der Waals surface area contributed by atoms with Gasteiger partial charge < -0.3 is 0 Å². The normalized spacial score (nSPS) is 13.0. The van der Waals surface area contributed by atoms with Gasteiger partial charge in [-0.15, -0.1) is 0 Å². The van der Waals surface area contributed by atoms with Gasteiger partial charge in [0.1, 0.15) is 0 Å². The van der Waals surface area contributed by atoms with Crippen LogP contribution in [0.1, 0.15) is 57.7 Å². The van der Waals surface area contributed by atoms with Crippen molar-refractivity contribution in [3.8, 4) is 0 Å². The van der Waals surface area contributed by atoms with E-state index in [4.69, 9.17) is 0 Å². The topological polar surface area (TPSA) is 34.1 Å². The van der Waals surface area contributed by atoms with Gasteiger partial charge in [0.15, 0.2) is 11.6 Å². The first-order valence-corrected chi connectivity index (χ1v) is 7.35. The third-order valence-electron chi connectivity index (χ3n) is 3.94. The highest BCUT2D eigenvalue weighted by molar-refractivity contribution is 6.14. The quantitative estimate of drug-likeness (QED) is 0.677. The van der Waals surface area contributed by atoms with E-state index in [2.05, 4.69) is 0 Å². The van der Waals surface area contributed by atoms with Crippen LogP contribution in [0.4, 0.5) is 0 Å². The summed E-state index contributed by atoms with van der Waals surface area (Å²) in [6.45, 7) is 4.07. The number of benzene rings is 2. The zero-order valence-electron chi connectivity index (χ0n) is 12.3. The molecule has 106 valence electrons. The Hall–Kier alpha value is -2.22. The molecular formula is C19H18O2. The van der Waals surface area contributed by atoms with E-state index in [0.29, 0.717) is 29.9 Å². The SMILES string of the molecule is CC(C)CC(=O)c1cccc2c1Cc1ccccc1C2=O. The molecular weight excluding hydrogens is 260 g/mol. The summed E-state index contributed by atoms with van der Waals surface area (Å²) in [6.07, 6.45) is 1.18. The molecule has 0 unspecified atom stereocenters. The first kappa shape index (κ1) is 13.7. The Labute approximate surface area is 124 Å². The highest BCUT2D eigenvalue weighted by atomic mass is 16.1. The van der Waals surface area contributed by atoms with Crippen molar-refractivity contribution in [1.82, 2.24) is 0 Å². The van der Waals surface area contributed by atoms with Crippen molar-refractivity contribution in [1.29, 1.82) is 0 Å². The summed E-state index contributed by atoms with van der Waals surface area (Å²) in [6, 6.07) is 13.2. The van der Waals surface area contributed by atoms with Crippen molar-refractivity contribution in [2.75, 3.05) is 0 Å². The zero-order valence-corrected chi connectivity index (χ0v) is 12.3. The largest absolute Gasteiger partial charge is 0.294 e. The predicted octanol–water partition coefficient (Wildman–Crippen LogP) is 4.05. The van der Waals surface area contributed by atoms with Gasteiger partial charge in [0.25, 0.3) is 0 Å². The van der Waals surface area contributed by atoms with Gasteiger partial charge >= 0.3 is 0 Å². The minimum absolute atomic E-state index is 0.0334. The molecule has 3 rings (SSSR count). The molecule has 1 aliphatic carbocycles. The number of hydrogen-bond donors (Lipinski definition) is 0. The molecule has 1 aliphatic rings. The highest BCUT2D eigenvalue weighted by Crippen LogP contribution is 2.30. The lowest BCUT2D eigenvalue weighted by molar-refractivity contribution is 0.0967. The molecule has 2 heteroatoms. The van der Waals surface area contributed by atoms with Gasteiger partial charge in [0.05, 0.1) is 0 Å². The Bertz CT molecular complexity index is 726. The van der Waals surface area contributed by atoms with Crippen molar-refractivity contribution in [3.05, 3.63) is 70.3 Å².